The number of thioether (sulfide) groups is 1. The second-order valence-electron chi connectivity index (χ2n) is 4.87. The number of aromatic hydroxyl groups is 1. The molecule has 6 heteroatoms. The molecule has 1 N–H and O–H groups in total. The minimum Gasteiger partial charge on any atom is -0.504 e. The summed E-state index contributed by atoms with van der Waals surface area (Å²) in [6, 6.07) is 1.44. The zero-order valence-corrected chi connectivity index (χ0v) is 11.5. The molecule has 104 valence electrons. The third kappa shape index (κ3) is 1.83. The van der Waals surface area contributed by atoms with Crippen LogP contribution in [0.1, 0.15) is 28.4 Å². The van der Waals surface area contributed by atoms with E-state index in [0.717, 1.165) is 0 Å². The van der Waals surface area contributed by atoms with Gasteiger partial charge < -0.3 is 10.0 Å². The standard InChI is InChI=1S/C14H12FNO3S/c1-7-5-16(14(19)20-7)11-3-2-9-10(11)4-8(6-17)13(18)12(9)15/h3-4,6-7,18H,2,5H2,1H3/t7-/m0/s1. The van der Waals surface area contributed by atoms with Gasteiger partial charge in [-0.1, -0.05) is 24.8 Å². The van der Waals surface area contributed by atoms with Gasteiger partial charge in [0, 0.05) is 28.6 Å². The van der Waals surface area contributed by atoms with Gasteiger partial charge >= 0.3 is 0 Å². The Morgan fingerprint density at radius 3 is 2.90 bits per heavy atom. The van der Waals surface area contributed by atoms with Gasteiger partial charge in [-0.2, -0.15) is 0 Å². The monoisotopic (exact) mass is 293 g/mol. The first-order valence-electron chi connectivity index (χ1n) is 6.21. The number of hydrogen-bond donors (Lipinski definition) is 1. The van der Waals surface area contributed by atoms with Crippen molar-refractivity contribution in [1.29, 1.82) is 0 Å². The van der Waals surface area contributed by atoms with E-state index in [0.29, 0.717) is 36.1 Å². The smallest absolute Gasteiger partial charge is 0.286 e. The van der Waals surface area contributed by atoms with Gasteiger partial charge in [-0.05, 0) is 12.5 Å². The lowest BCUT2D eigenvalue weighted by Crippen LogP contribution is -2.22. The van der Waals surface area contributed by atoms with E-state index < -0.39 is 11.6 Å². The maximum absolute atomic E-state index is 14.0. The fraction of sp³-hybridized carbons (Fsp3) is 0.286. The highest BCUT2D eigenvalue weighted by Crippen LogP contribution is 2.40. The number of benzene rings is 1. The Hall–Kier alpha value is -1.82. The van der Waals surface area contributed by atoms with E-state index in [1.165, 1.54) is 17.8 Å². The predicted octanol–water partition coefficient (Wildman–Crippen LogP) is 2.80. The predicted molar refractivity (Wildman–Crippen MR) is 74.3 cm³/mol. The molecule has 1 fully saturated rings. The summed E-state index contributed by atoms with van der Waals surface area (Å²) in [5, 5.41) is 9.70. The highest BCUT2D eigenvalue weighted by Gasteiger charge is 2.34. The van der Waals surface area contributed by atoms with Crippen LogP contribution in [0.4, 0.5) is 9.18 Å². The van der Waals surface area contributed by atoms with Gasteiger partial charge in [0.2, 0.25) is 0 Å². The lowest BCUT2D eigenvalue weighted by molar-refractivity contribution is 0.112. The minimum absolute atomic E-state index is 0.0715. The molecule has 0 spiro atoms. The zero-order valence-electron chi connectivity index (χ0n) is 10.7. The van der Waals surface area contributed by atoms with E-state index in [-0.39, 0.29) is 16.1 Å². The number of aldehydes is 1. The molecule has 1 aromatic rings. The second-order valence-corrected chi connectivity index (χ2v) is 6.26. The Balaban J connectivity index is 2.07. The lowest BCUT2D eigenvalue weighted by atomic mass is 10.0. The van der Waals surface area contributed by atoms with Crippen LogP contribution in [0.3, 0.4) is 0 Å². The summed E-state index contributed by atoms with van der Waals surface area (Å²) >= 11 is 1.24. The van der Waals surface area contributed by atoms with Crippen molar-refractivity contribution in [2.45, 2.75) is 18.6 Å². The average Bonchev–Trinajstić information content (AvgIpc) is 2.96. The molecule has 2 aliphatic rings. The van der Waals surface area contributed by atoms with Gasteiger partial charge in [0.25, 0.3) is 5.24 Å². The number of phenols is 1. The third-order valence-electron chi connectivity index (χ3n) is 3.53. The van der Waals surface area contributed by atoms with E-state index in [2.05, 4.69) is 0 Å². The topological polar surface area (TPSA) is 57.6 Å². The van der Waals surface area contributed by atoms with Gasteiger partial charge in [0.1, 0.15) is 0 Å². The van der Waals surface area contributed by atoms with Crippen LogP contribution < -0.4 is 0 Å². The summed E-state index contributed by atoms with van der Waals surface area (Å²) in [7, 11) is 0. The molecule has 4 nitrogen and oxygen atoms in total. The summed E-state index contributed by atoms with van der Waals surface area (Å²) in [5.41, 5.74) is 1.39. The summed E-state index contributed by atoms with van der Waals surface area (Å²) < 4.78 is 14.0. The summed E-state index contributed by atoms with van der Waals surface area (Å²) in [6.45, 7) is 2.51. The van der Waals surface area contributed by atoms with Gasteiger partial charge in [0.15, 0.2) is 17.9 Å². The van der Waals surface area contributed by atoms with Gasteiger partial charge in [-0.3, -0.25) is 9.59 Å². The number of amides is 1. The fourth-order valence-electron chi connectivity index (χ4n) is 2.58. The second kappa shape index (κ2) is 4.63. The Kier molecular flexibility index (Phi) is 3.05. The molecule has 3 rings (SSSR count). The largest absolute Gasteiger partial charge is 0.504 e. The molecular weight excluding hydrogens is 281 g/mol. The molecule has 0 unspecified atom stereocenters. The molecule has 1 amide bonds. The van der Waals surface area contributed by atoms with E-state index in [9.17, 15) is 19.1 Å². The van der Waals surface area contributed by atoms with Crippen LogP contribution in [-0.2, 0) is 6.42 Å². The van der Waals surface area contributed by atoms with Crippen LogP contribution in [-0.4, -0.2) is 33.3 Å². The van der Waals surface area contributed by atoms with Crippen molar-refractivity contribution in [2.24, 2.45) is 0 Å². The van der Waals surface area contributed by atoms with Crippen LogP contribution in [0.15, 0.2) is 12.1 Å². The van der Waals surface area contributed by atoms with Crippen molar-refractivity contribution in [1.82, 2.24) is 4.90 Å². The first kappa shape index (κ1) is 13.2. The van der Waals surface area contributed by atoms with Crippen molar-refractivity contribution < 1.29 is 19.1 Å². The fourth-order valence-corrected chi connectivity index (χ4v) is 3.45. The number of rotatable bonds is 2. The molecule has 1 aliphatic heterocycles. The highest BCUT2D eigenvalue weighted by molar-refractivity contribution is 8.14. The number of carbonyl (C=O) groups is 2. The van der Waals surface area contributed by atoms with Crippen LogP contribution in [0, 0.1) is 5.82 Å². The van der Waals surface area contributed by atoms with E-state index in [1.54, 1.807) is 11.0 Å². The zero-order chi connectivity index (χ0) is 14.4. The quantitative estimate of drug-likeness (QED) is 0.852. The summed E-state index contributed by atoms with van der Waals surface area (Å²) in [6.07, 6.45) is 2.49. The van der Waals surface area contributed by atoms with Crippen LogP contribution >= 0.6 is 11.8 Å². The molecule has 0 radical (unpaired) electrons. The molecular formula is C14H12FNO3S. The number of nitrogens with zero attached hydrogens (tertiary/aromatic N) is 1. The van der Waals surface area contributed by atoms with Gasteiger partial charge in [-0.25, -0.2) is 4.39 Å². The van der Waals surface area contributed by atoms with E-state index in [4.69, 9.17) is 0 Å². The van der Waals surface area contributed by atoms with Gasteiger partial charge in [-0.15, -0.1) is 0 Å². The Bertz CT molecular complexity index is 656. The SMILES string of the molecule is C[C@H]1CN(C2=CCc3c2cc(C=O)c(O)c3F)C(=O)S1. The average molecular weight is 293 g/mol. The lowest BCUT2D eigenvalue weighted by Gasteiger charge is -2.18. The van der Waals surface area contributed by atoms with Crippen molar-refractivity contribution in [2.75, 3.05) is 6.54 Å². The van der Waals surface area contributed by atoms with Crippen molar-refractivity contribution in [3.05, 3.63) is 34.6 Å². The first-order chi connectivity index (χ1) is 9.52. The number of carbonyl (C=O) groups excluding carboxylic acids is 2. The normalized spacial score (nSPS) is 21.1. The number of halogens is 1. The molecule has 1 aromatic carbocycles. The number of allylic oxidation sites excluding steroid dienone is 1. The van der Waals surface area contributed by atoms with E-state index >= 15 is 0 Å². The number of phenolic OH excluding ortho intramolecular Hbond substituents is 1. The molecule has 0 aromatic heterocycles. The first-order valence-corrected chi connectivity index (χ1v) is 7.09. The molecule has 1 saturated heterocycles. The van der Waals surface area contributed by atoms with Crippen LogP contribution in [0.2, 0.25) is 0 Å². The van der Waals surface area contributed by atoms with Crippen molar-refractivity contribution in [3.8, 4) is 5.75 Å². The Labute approximate surface area is 119 Å². The molecule has 20 heavy (non-hydrogen) atoms. The van der Waals surface area contributed by atoms with Crippen LogP contribution in [0.25, 0.3) is 5.70 Å². The highest BCUT2D eigenvalue weighted by atomic mass is 32.2. The number of fused-ring (bicyclic) bond motifs is 1. The molecule has 1 atom stereocenters. The van der Waals surface area contributed by atoms with E-state index in [1.807, 2.05) is 6.92 Å². The molecule has 1 heterocycles. The Morgan fingerprint density at radius 2 is 2.30 bits per heavy atom. The van der Waals surface area contributed by atoms with Crippen molar-refractivity contribution >= 4 is 29.0 Å². The molecule has 0 bridgehead atoms. The summed E-state index contributed by atoms with van der Waals surface area (Å²) in [4.78, 5) is 24.4. The Morgan fingerprint density at radius 1 is 1.55 bits per heavy atom. The minimum atomic E-state index is -0.775. The maximum atomic E-state index is 14.0. The number of hydrogen-bond acceptors (Lipinski definition) is 4. The molecule has 1 aliphatic carbocycles. The van der Waals surface area contributed by atoms with Crippen molar-refractivity contribution in [3.63, 3.8) is 0 Å². The van der Waals surface area contributed by atoms with Gasteiger partial charge in [0.05, 0.1) is 5.56 Å². The summed E-state index contributed by atoms with van der Waals surface area (Å²) in [5.74, 6) is -1.40. The maximum Gasteiger partial charge on any atom is 0.286 e. The third-order valence-corrected chi connectivity index (χ3v) is 4.50. The molecule has 0 saturated carbocycles. The van der Waals surface area contributed by atoms with Crippen LogP contribution in [0.5, 0.6) is 5.75 Å².